The number of benzene rings is 2. The van der Waals surface area contributed by atoms with Crippen molar-refractivity contribution in [3.05, 3.63) is 68.2 Å². The minimum Gasteiger partial charge on any atom is -0.377 e. The van der Waals surface area contributed by atoms with Crippen molar-refractivity contribution < 1.29 is 9.53 Å². The van der Waals surface area contributed by atoms with Gasteiger partial charge in [0.05, 0.1) is 22.7 Å². The molecular formula is C23H25N3O3S. The van der Waals surface area contributed by atoms with Crippen molar-refractivity contribution in [2.75, 3.05) is 19.7 Å². The number of H-pyrrole nitrogens is 1. The summed E-state index contributed by atoms with van der Waals surface area (Å²) in [5, 5.41) is 0.495. The summed E-state index contributed by atoms with van der Waals surface area (Å²) in [5.74, 6) is -0.0582. The van der Waals surface area contributed by atoms with Crippen LogP contribution in [0.4, 0.5) is 0 Å². The molecule has 0 radical (unpaired) electrons. The molecule has 0 unspecified atom stereocenters. The first kappa shape index (κ1) is 20.5. The second-order valence-electron chi connectivity index (χ2n) is 7.67. The standard InChI is InChI=1S/C23H25N3O3S/c1-4-29-17-10-11-25(13-17)21(27)16-8-9-18-19(12-16)24-23(30)26(22(18)28)20-7-5-6-14(2)15(20)3/h5-9,12,17H,4,10-11,13H2,1-3H3,(H,24,30)/t17-/m0/s1. The van der Waals surface area contributed by atoms with Crippen LogP contribution in [0.3, 0.4) is 0 Å². The largest absolute Gasteiger partial charge is 0.377 e. The Morgan fingerprint density at radius 1 is 1.27 bits per heavy atom. The van der Waals surface area contributed by atoms with Crippen LogP contribution in [-0.4, -0.2) is 46.2 Å². The fraction of sp³-hybridized carbons (Fsp3) is 0.348. The van der Waals surface area contributed by atoms with Crippen LogP contribution < -0.4 is 5.56 Å². The Hall–Kier alpha value is -2.77. The average Bonchev–Trinajstić information content (AvgIpc) is 3.19. The molecule has 6 nitrogen and oxygen atoms in total. The van der Waals surface area contributed by atoms with Crippen LogP contribution >= 0.6 is 12.2 Å². The molecule has 0 spiro atoms. The molecule has 156 valence electrons. The van der Waals surface area contributed by atoms with Gasteiger partial charge in [0.2, 0.25) is 0 Å². The Kier molecular flexibility index (Phi) is 5.58. The van der Waals surface area contributed by atoms with E-state index in [1.165, 1.54) is 4.57 Å². The molecule has 1 N–H and O–H groups in total. The normalized spacial score (nSPS) is 16.4. The number of hydrogen-bond donors (Lipinski definition) is 1. The summed E-state index contributed by atoms with van der Waals surface area (Å²) in [7, 11) is 0. The third-order valence-corrected chi connectivity index (χ3v) is 6.08. The first-order valence-electron chi connectivity index (χ1n) is 10.2. The summed E-state index contributed by atoms with van der Waals surface area (Å²) in [6.07, 6.45) is 0.936. The van der Waals surface area contributed by atoms with Crippen LogP contribution in [0, 0.1) is 18.6 Å². The highest BCUT2D eigenvalue weighted by atomic mass is 32.1. The number of nitrogens with one attached hydrogen (secondary N) is 1. The molecule has 0 aliphatic carbocycles. The Balaban J connectivity index is 1.74. The third kappa shape index (κ3) is 3.59. The third-order valence-electron chi connectivity index (χ3n) is 5.80. The maximum atomic E-state index is 13.2. The first-order valence-corrected chi connectivity index (χ1v) is 10.6. The number of amides is 1. The maximum Gasteiger partial charge on any atom is 0.266 e. The van der Waals surface area contributed by atoms with Crippen molar-refractivity contribution >= 4 is 29.0 Å². The minimum absolute atomic E-state index is 0.0582. The highest BCUT2D eigenvalue weighted by Gasteiger charge is 2.27. The van der Waals surface area contributed by atoms with Gasteiger partial charge in [0.1, 0.15) is 0 Å². The van der Waals surface area contributed by atoms with E-state index in [1.54, 1.807) is 23.1 Å². The average molecular weight is 424 g/mol. The van der Waals surface area contributed by atoms with Gasteiger partial charge in [-0.1, -0.05) is 12.1 Å². The summed E-state index contributed by atoms with van der Waals surface area (Å²) in [5.41, 5.74) is 3.77. The number of carbonyl (C=O) groups excluding carboxylic acids is 1. The Bertz CT molecular complexity index is 1240. The summed E-state index contributed by atoms with van der Waals surface area (Å²) in [6.45, 7) is 7.85. The molecule has 30 heavy (non-hydrogen) atoms. The van der Waals surface area contributed by atoms with Crippen molar-refractivity contribution in [3.8, 4) is 5.69 Å². The Morgan fingerprint density at radius 2 is 2.07 bits per heavy atom. The number of hydrogen-bond acceptors (Lipinski definition) is 4. The molecule has 2 heterocycles. The zero-order valence-electron chi connectivity index (χ0n) is 17.4. The van der Waals surface area contributed by atoms with Crippen LogP contribution in [0.15, 0.2) is 41.2 Å². The fourth-order valence-corrected chi connectivity index (χ4v) is 4.31. The van der Waals surface area contributed by atoms with E-state index in [9.17, 15) is 9.59 Å². The topological polar surface area (TPSA) is 67.3 Å². The van der Waals surface area contributed by atoms with Gasteiger partial charge in [0.15, 0.2) is 4.77 Å². The van der Waals surface area contributed by atoms with E-state index in [1.807, 2.05) is 39.0 Å². The lowest BCUT2D eigenvalue weighted by Crippen LogP contribution is -2.30. The van der Waals surface area contributed by atoms with Gasteiger partial charge in [0, 0.05) is 25.3 Å². The second kappa shape index (κ2) is 8.16. The lowest BCUT2D eigenvalue weighted by atomic mass is 10.1. The van der Waals surface area contributed by atoms with Crippen molar-refractivity contribution in [2.24, 2.45) is 0 Å². The monoisotopic (exact) mass is 423 g/mol. The SMILES string of the molecule is CCO[C@H]1CCN(C(=O)c2ccc3c(=O)n(-c4cccc(C)c4C)c(=S)[nH]c3c2)C1. The van der Waals surface area contributed by atoms with Crippen molar-refractivity contribution in [1.82, 2.24) is 14.5 Å². The van der Waals surface area contributed by atoms with E-state index in [0.717, 1.165) is 23.2 Å². The number of rotatable bonds is 4. The number of likely N-dealkylation sites (tertiary alicyclic amines) is 1. The molecule has 1 saturated heterocycles. The van der Waals surface area contributed by atoms with Crippen molar-refractivity contribution in [1.29, 1.82) is 0 Å². The number of fused-ring (bicyclic) bond motifs is 1. The van der Waals surface area contributed by atoms with Gasteiger partial charge < -0.3 is 14.6 Å². The first-order chi connectivity index (χ1) is 14.4. The molecule has 3 aromatic rings. The molecule has 2 aromatic carbocycles. The number of nitrogens with zero attached hydrogens (tertiary/aromatic N) is 2. The van der Waals surface area contributed by atoms with Gasteiger partial charge in [-0.2, -0.15) is 0 Å². The van der Waals surface area contributed by atoms with E-state index >= 15 is 0 Å². The van der Waals surface area contributed by atoms with E-state index in [0.29, 0.717) is 40.9 Å². The number of carbonyl (C=O) groups is 1. The van der Waals surface area contributed by atoms with E-state index in [-0.39, 0.29) is 17.6 Å². The van der Waals surface area contributed by atoms with Crippen LogP contribution in [-0.2, 0) is 4.74 Å². The highest BCUT2D eigenvalue weighted by molar-refractivity contribution is 7.71. The molecule has 1 fully saturated rings. The summed E-state index contributed by atoms with van der Waals surface area (Å²) in [6, 6.07) is 10.9. The highest BCUT2D eigenvalue weighted by Crippen LogP contribution is 2.20. The number of aromatic amines is 1. The van der Waals surface area contributed by atoms with E-state index < -0.39 is 0 Å². The molecule has 1 atom stereocenters. The van der Waals surface area contributed by atoms with E-state index in [2.05, 4.69) is 4.98 Å². The molecule has 0 saturated carbocycles. The number of aryl methyl sites for hydroxylation is 1. The van der Waals surface area contributed by atoms with Crippen LogP contribution in [0.1, 0.15) is 34.8 Å². The fourth-order valence-electron chi connectivity index (χ4n) is 4.01. The van der Waals surface area contributed by atoms with Crippen molar-refractivity contribution in [3.63, 3.8) is 0 Å². The molecule has 0 bridgehead atoms. The van der Waals surface area contributed by atoms with Crippen LogP contribution in [0.25, 0.3) is 16.6 Å². The Labute approximate surface area is 180 Å². The lowest BCUT2D eigenvalue weighted by Gasteiger charge is -2.17. The second-order valence-corrected chi connectivity index (χ2v) is 8.05. The Morgan fingerprint density at radius 3 is 2.83 bits per heavy atom. The van der Waals surface area contributed by atoms with Gasteiger partial charge in [-0.05, 0) is 74.8 Å². The van der Waals surface area contributed by atoms with Gasteiger partial charge in [0.25, 0.3) is 11.5 Å². The predicted octanol–water partition coefficient (Wildman–Crippen LogP) is 3.92. The lowest BCUT2D eigenvalue weighted by molar-refractivity contribution is 0.0598. The summed E-state index contributed by atoms with van der Waals surface area (Å²) < 4.78 is 7.47. The minimum atomic E-state index is -0.195. The smallest absolute Gasteiger partial charge is 0.266 e. The zero-order chi connectivity index (χ0) is 21.4. The van der Waals surface area contributed by atoms with Crippen LogP contribution in [0.2, 0.25) is 0 Å². The summed E-state index contributed by atoms with van der Waals surface area (Å²) in [4.78, 5) is 31.1. The maximum absolute atomic E-state index is 13.2. The predicted molar refractivity (Wildman–Crippen MR) is 120 cm³/mol. The molecule has 7 heteroatoms. The van der Waals surface area contributed by atoms with Gasteiger partial charge in [-0.25, -0.2) is 0 Å². The summed E-state index contributed by atoms with van der Waals surface area (Å²) >= 11 is 5.51. The molecule has 1 aromatic heterocycles. The number of ether oxygens (including phenoxy) is 1. The molecular weight excluding hydrogens is 398 g/mol. The van der Waals surface area contributed by atoms with Crippen molar-refractivity contribution in [2.45, 2.75) is 33.3 Å². The molecule has 1 aliphatic rings. The van der Waals surface area contributed by atoms with Crippen LogP contribution in [0.5, 0.6) is 0 Å². The zero-order valence-corrected chi connectivity index (χ0v) is 18.2. The molecule has 1 aliphatic heterocycles. The van der Waals surface area contributed by atoms with Gasteiger partial charge in [-0.3, -0.25) is 14.2 Å². The van der Waals surface area contributed by atoms with Gasteiger partial charge in [-0.15, -0.1) is 0 Å². The number of aromatic nitrogens is 2. The van der Waals surface area contributed by atoms with E-state index in [4.69, 9.17) is 17.0 Å². The molecule has 1 amide bonds. The van der Waals surface area contributed by atoms with Gasteiger partial charge >= 0.3 is 0 Å². The molecule has 4 rings (SSSR count). The quantitative estimate of drug-likeness (QED) is 0.646.